The lowest BCUT2D eigenvalue weighted by Crippen LogP contribution is -2.25. The summed E-state index contributed by atoms with van der Waals surface area (Å²) in [6.45, 7) is 1.76. The second-order valence-electron chi connectivity index (χ2n) is 4.65. The van der Waals surface area contributed by atoms with E-state index in [1.807, 2.05) is 6.08 Å². The number of rotatable bonds is 5. The largest absolute Gasteiger partial charge is 0.502 e. The van der Waals surface area contributed by atoms with Crippen LogP contribution in [0.15, 0.2) is 29.8 Å². The van der Waals surface area contributed by atoms with E-state index in [1.165, 1.54) is 11.6 Å². The van der Waals surface area contributed by atoms with Gasteiger partial charge in [-0.3, -0.25) is 14.9 Å². The normalized spacial score (nSPS) is 14.4. The molecule has 1 aromatic carbocycles. The van der Waals surface area contributed by atoms with Gasteiger partial charge in [0, 0.05) is 18.2 Å². The maximum atomic E-state index is 11.9. The smallest absolute Gasteiger partial charge is 0.311 e. The van der Waals surface area contributed by atoms with Crippen molar-refractivity contribution >= 4 is 11.6 Å². The number of nitrogens with zero attached hydrogens (tertiary/aromatic N) is 1. The van der Waals surface area contributed by atoms with Crippen molar-refractivity contribution in [2.45, 2.75) is 12.8 Å². The highest BCUT2D eigenvalue weighted by atomic mass is 16.6. The fourth-order valence-corrected chi connectivity index (χ4v) is 2.04. The molecular formula is C14H16N2O5. The van der Waals surface area contributed by atoms with Gasteiger partial charge in [-0.1, -0.05) is 11.6 Å². The van der Waals surface area contributed by atoms with Crippen molar-refractivity contribution in [1.29, 1.82) is 0 Å². The highest BCUT2D eigenvalue weighted by Gasteiger charge is 2.16. The molecule has 2 rings (SSSR count). The zero-order chi connectivity index (χ0) is 15.2. The maximum absolute atomic E-state index is 11.9. The summed E-state index contributed by atoms with van der Waals surface area (Å²) in [7, 11) is 0. The Morgan fingerprint density at radius 2 is 2.29 bits per heavy atom. The van der Waals surface area contributed by atoms with Crippen molar-refractivity contribution in [3.63, 3.8) is 0 Å². The van der Waals surface area contributed by atoms with Crippen molar-refractivity contribution in [3.05, 3.63) is 45.5 Å². The second kappa shape index (κ2) is 6.85. The van der Waals surface area contributed by atoms with Gasteiger partial charge in [-0.05, 0) is 25.0 Å². The number of phenols is 1. The zero-order valence-electron chi connectivity index (χ0n) is 11.4. The SMILES string of the molecule is O=C(NCCC1=CCOCC1)c1ccc(O)c([N+](=O)[O-])c1. The molecule has 0 saturated heterocycles. The standard InChI is InChI=1S/C14H16N2O5/c17-13-2-1-11(9-12(13)16(19)20)14(18)15-6-3-10-4-7-21-8-5-10/h1-2,4,9,17H,3,5-8H2,(H,15,18). The van der Waals surface area contributed by atoms with E-state index in [4.69, 9.17) is 4.74 Å². The number of aromatic hydroxyl groups is 1. The number of nitro benzene ring substituents is 1. The first kappa shape index (κ1) is 15.0. The fraction of sp³-hybridized carbons (Fsp3) is 0.357. The molecule has 1 aliphatic rings. The third-order valence-corrected chi connectivity index (χ3v) is 3.22. The summed E-state index contributed by atoms with van der Waals surface area (Å²) in [5, 5.41) is 22.8. The van der Waals surface area contributed by atoms with Gasteiger partial charge in [0.25, 0.3) is 5.91 Å². The number of benzene rings is 1. The molecule has 1 aromatic rings. The van der Waals surface area contributed by atoms with E-state index in [-0.39, 0.29) is 5.56 Å². The third kappa shape index (κ3) is 4.03. The number of hydrogen-bond acceptors (Lipinski definition) is 5. The maximum Gasteiger partial charge on any atom is 0.311 e. The molecule has 0 radical (unpaired) electrons. The summed E-state index contributed by atoms with van der Waals surface area (Å²) in [6, 6.07) is 3.57. The van der Waals surface area contributed by atoms with Crippen molar-refractivity contribution < 1.29 is 19.6 Å². The lowest BCUT2D eigenvalue weighted by Gasteiger charge is -2.13. The number of carbonyl (C=O) groups excluding carboxylic acids is 1. The molecule has 21 heavy (non-hydrogen) atoms. The number of carbonyl (C=O) groups is 1. The number of hydrogen-bond donors (Lipinski definition) is 2. The van der Waals surface area contributed by atoms with Crippen LogP contribution in [0.2, 0.25) is 0 Å². The Morgan fingerprint density at radius 1 is 1.48 bits per heavy atom. The molecule has 0 fully saturated rings. The summed E-state index contributed by atoms with van der Waals surface area (Å²) in [4.78, 5) is 21.9. The quantitative estimate of drug-likeness (QED) is 0.489. The molecule has 0 spiro atoms. The summed E-state index contributed by atoms with van der Waals surface area (Å²) in [6.07, 6.45) is 3.59. The Hall–Kier alpha value is -2.41. The molecule has 0 bridgehead atoms. The van der Waals surface area contributed by atoms with Crippen LogP contribution in [-0.2, 0) is 4.74 Å². The van der Waals surface area contributed by atoms with Gasteiger partial charge in [0.2, 0.25) is 0 Å². The minimum atomic E-state index is -0.723. The fourth-order valence-electron chi connectivity index (χ4n) is 2.04. The van der Waals surface area contributed by atoms with Crippen LogP contribution in [0.3, 0.4) is 0 Å². The third-order valence-electron chi connectivity index (χ3n) is 3.22. The lowest BCUT2D eigenvalue weighted by molar-refractivity contribution is -0.385. The lowest BCUT2D eigenvalue weighted by atomic mass is 10.1. The van der Waals surface area contributed by atoms with Crippen LogP contribution in [0, 0.1) is 10.1 Å². The average molecular weight is 292 g/mol. The van der Waals surface area contributed by atoms with Crippen LogP contribution in [0.25, 0.3) is 0 Å². The summed E-state index contributed by atoms with van der Waals surface area (Å²) in [5.74, 6) is -0.852. The molecule has 2 N–H and O–H groups in total. The number of phenolic OH excluding ortho intramolecular Hbond substituents is 1. The van der Waals surface area contributed by atoms with Crippen LogP contribution < -0.4 is 5.32 Å². The molecule has 0 saturated carbocycles. The first-order chi connectivity index (χ1) is 10.1. The van der Waals surface area contributed by atoms with E-state index in [0.717, 1.165) is 25.0 Å². The van der Waals surface area contributed by atoms with Gasteiger partial charge < -0.3 is 15.2 Å². The Kier molecular flexibility index (Phi) is 4.89. The molecule has 7 heteroatoms. The molecule has 0 aliphatic carbocycles. The van der Waals surface area contributed by atoms with E-state index in [1.54, 1.807) is 0 Å². The Morgan fingerprint density at radius 3 is 2.95 bits per heavy atom. The van der Waals surface area contributed by atoms with Crippen molar-refractivity contribution in [2.75, 3.05) is 19.8 Å². The Balaban J connectivity index is 1.92. The van der Waals surface area contributed by atoms with Gasteiger partial charge in [0.05, 0.1) is 18.1 Å². The van der Waals surface area contributed by atoms with Crippen molar-refractivity contribution in [2.24, 2.45) is 0 Å². The van der Waals surface area contributed by atoms with Crippen molar-refractivity contribution in [3.8, 4) is 5.75 Å². The van der Waals surface area contributed by atoms with E-state index < -0.39 is 22.3 Å². The molecule has 7 nitrogen and oxygen atoms in total. The van der Waals surface area contributed by atoms with E-state index in [0.29, 0.717) is 19.8 Å². The predicted octanol–water partition coefficient (Wildman–Crippen LogP) is 1.77. The van der Waals surface area contributed by atoms with Gasteiger partial charge >= 0.3 is 5.69 Å². The monoisotopic (exact) mass is 292 g/mol. The molecule has 1 amide bonds. The summed E-state index contributed by atoms with van der Waals surface area (Å²) in [5.41, 5.74) is 0.911. The number of nitro groups is 1. The predicted molar refractivity (Wildman–Crippen MR) is 75.2 cm³/mol. The van der Waals surface area contributed by atoms with E-state index in [9.17, 15) is 20.0 Å². The van der Waals surface area contributed by atoms with Crippen LogP contribution in [-0.4, -0.2) is 35.7 Å². The molecule has 112 valence electrons. The van der Waals surface area contributed by atoms with Gasteiger partial charge in [0.1, 0.15) is 0 Å². The average Bonchev–Trinajstić information content (AvgIpc) is 2.48. The first-order valence-electron chi connectivity index (χ1n) is 6.59. The van der Waals surface area contributed by atoms with E-state index >= 15 is 0 Å². The highest BCUT2D eigenvalue weighted by Crippen LogP contribution is 2.26. The number of ether oxygens (including phenoxy) is 1. The summed E-state index contributed by atoms with van der Waals surface area (Å²) >= 11 is 0. The number of nitrogens with one attached hydrogen (secondary N) is 1. The Labute approximate surface area is 121 Å². The molecular weight excluding hydrogens is 276 g/mol. The van der Waals surface area contributed by atoms with Gasteiger partial charge in [-0.15, -0.1) is 0 Å². The van der Waals surface area contributed by atoms with Crippen LogP contribution in [0.5, 0.6) is 5.75 Å². The minimum Gasteiger partial charge on any atom is -0.502 e. The van der Waals surface area contributed by atoms with Crippen LogP contribution in [0.1, 0.15) is 23.2 Å². The summed E-state index contributed by atoms with van der Waals surface area (Å²) < 4.78 is 5.19. The van der Waals surface area contributed by atoms with Crippen LogP contribution >= 0.6 is 0 Å². The highest BCUT2D eigenvalue weighted by molar-refractivity contribution is 5.95. The van der Waals surface area contributed by atoms with Gasteiger partial charge in [-0.25, -0.2) is 0 Å². The topological polar surface area (TPSA) is 102 Å². The molecule has 0 aromatic heterocycles. The van der Waals surface area contributed by atoms with Gasteiger partial charge in [0.15, 0.2) is 5.75 Å². The van der Waals surface area contributed by atoms with E-state index in [2.05, 4.69) is 5.32 Å². The van der Waals surface area contributed by atoms with Gasteiger partial charge in [-0.2, -0.15) is 0 Å². The van der Waals surface area contributed by atoms with Crippen LogP contribution in [0.4, 0.5) is 5.69 Å². The minimum absolute atomic E-state index is 0.153. The molecule has 1 heterocycles. The molecule has 1 aliphatic heterocycles. The Bertz CT molecular complexity index is 583. The second-order valence-corrected chi connectivity index (χ2v) is 4.65. The van der Waals surface area contributed by atoms with Crippen molar-refractivity contribution in [1.82, 2.24) is 5.32 Å². The zero-order valence-corrected chi connectivity index (χ0v) is 11.4. The molecule has 0 unspecified atom stereocenters. The molecule has 0 atom stereocenters. The first-order valence-corrected chi connectivity index (χ1v) is 6.59. The number of amides is 1.